The second-order valence-electron chi connectivity index (χ2n) is 3.03. The van der Waals surface area contributed by atoms with Crippen molar-refractivity contribution in [2.24, 2.45) is 5.73 Å². The number of ether oxygens (including phenoxy) is 1. The van der Waals surface area contributed by atoms with Gasteiger partial charge in [-0.2, -0.15) is 0 Å². The SMILES string of the molecule is N[C@@H](CCC(=O)OC(C(=O)O)C(=O)O)C(=O)O.[H-].[H-].[H-].[H-].[Na+].[Na+].[Na+].[Na+]. The molecule has 0 saturated carbocycles. The summed E-state index contributed by atoms with van der Waals surface area (Å²) in [6.07, 6.45) is -3.06. The first kappa shape index (κ1) is 34.2. The van der Waals surface area contributed by atoms with E-state index in [1.165, 1.54) is 0 Å². The fourth-order valence-electron chi connectivity index (χ4n) is 0.794. The Bertz CT molecular complexity index is 355. The molecule has 13 heteroatoms. The monoisotopic (exact) mass is 345 g/mol. The summed E-state index contributed by atoms with van der Waals surface area (Å²) >= 11 is 0. The Kier molecular flexibility index (Phi) is 29.6. The van der Waals surface area contributed by atoms with Gasteiger partial charge in [-0.25, -0.2) is 9.59 Å². The molecule has 0 heterocycles. The molecule has 0 bridgehead atoms. The molecule has 0 aliphatic carbocycles. The maximum atomic E-state index is 11.0. The summed E-state index contributed by atoms with van der Waals surface area (Å²) in [5.41, 5.74) is 5.08. The van der Waals surface area contributed by atoms with E-state index in [4.69, 9.17) is 21.1 Å². The standard InChI is InChI=1S/C8H11NO8.4Na.4H/c9-3(6(11)12)1-2-4(10)17-5(7(13)14)8(15)16;;;;;;;;/h3,5H,1-2,9H2,(H,11,12)(H,13,14)(H,15,16);;;;;;;;/q;4*+1;4*-1/t3-;;;;;;;;/m0......../s1. The van der Waals surface area contributed by atoms with Crippen molar-refractivity contribution in [1.82, 2.24) is 0 Å². The molecule has 9 nitrogen and oxygen atoms in total. The molecule has 0 spiro atoms. The molecule has 0 aromatic carbocycles. The summed E-state index contributed by atoms with van der Waals surface area (Å²) in [6, 6.07) is -1.30. The molecule has 0 radical (unpaired) electrons. The van der Waals surface area contributed by atoms with E-state index < -0.39 is 42.4 Å². The third-order valence-corrected chi connectivity index (χ3v) is 1.67. The molecule has 0 fully saturated rings. The van der Waals surface area contributed by atoms with Crippen molar-refractivity contribution in [2.75, 3.05) is 0 Å². The van der Waals surface area contributed by atoms with E-state index in [2.05, 4.69) is 4.74 Å². The number of aliphatic carboxylic acids is 3. The van der Waals surface area contributed by atoms with Crippen LogP contribution in [0.3, 0.4) is 0 Å². The number of hydrogen-bond acceptors (Lipinski definition) is 6. The molecule has 0 amide bonds. The molecular weight excluding hydrogens is 330 g/mol. The number of carbonyl (C=O) groups excluding carboxylic acids is 1. The number of carbonyl (C=O) groups is 4. The molecule has 0 unspecified atom stereocenters. The second-order valence-corrected chi connectivity index (χ2v) is 3.03. The van der Waals surface area contributed by atoms with Crippen molar-refractivity contribution < 1.29 is 163 Å². The van der Waals surface area contributed by atoms with E-state index in [1.807, 2.05) is 0 Å². The van der Waals surface area contributed by atoms with Gasteiger partial charge in [-0.05, 0) is 6.42 Å². The zero-order valence-electron chi connectivity index (χ0n) is 16.5. The molecule has 0 saturated heterocycles. The Labute approximate surface area is 214 Å². The van der Waals surface area contributed by atoms with E-state index in [0.29, 0.717) is 0 Å². The Hall–Kier alpha value is 1.84. The van der Waals surface area contributed by atoms with Crippen LogP contribution in [-0.4, -0.2) is 51.3 Å². The Morgan fingerprint density at radius 1 is 0.905 bits per heavy atom. The summed E-state index contributed by atoms with van der Waals surface area (Å²) < 4.78 is 4.12. The van der Waals surface area contributed by atoms with E-state index in [9.17, 15) is 19.2 Å². The minimum atomic E-state index is -2.30. The predicted octanol–water partition coefficient (Wildman–Crippen LogP) is -13.3. The summed E-state index contributed by atoms with van der Waals surface area (Å²) in [5.74, 6) is -6.12. The van der Waals surface area contributed by atoms with Crippen molar-refractivity contribution in [3.8, 4) is 0 Å². The van der Waals surface area contributed by atoms with E-state index in [1.54, 1.807) is 0 Å². The van der Waals surface area contributed by atoms with Gasteiger partial charge in [0.05, 0.1) is 0 Å². The minimum absolute atomic E-state index is 0. The van der Waals surface area contributed by atoms with Crippen LogP contribution in [0.4, 0.5) is 0 Å². The maximum absolute atomic E-state index is 11.0. The zero-order chi connectivity index (χ0) is 13.6. The van der Waals surface area contributed by atoms with Crippen LogP contribution in [0.15, 0.2) is 0 Å². The van der Waals surface area contributed by atoms with Crippen molar-refractivity contribution in [3.05, 3.63) is 0 Å². The molecule has 1 atom stereocenters. The number of hydrogen-bond donors (Lipinski definition) is 4. The van der Waals surface area contributed by atoms with Crippen LogP contribution in [-0.2, 0) is 23.9 Å². The number of carboxylic acid groups (broad SMARTS) is 3. The summed E-state index contributed by atoms with van der Waals surface area (Å²) in [7, 11) is 0. The molecule has 104 valence electrons. The second kappa shape index (κ2) is 18.2. The molecule has 21 heavy (non-hydrogen) atoms. The van der Waals surface area contributed by atoms with Gasteiger partial charge in [0.15, 0.2) is 0 Å². The van der Waals surface area contributed by atoms with Crippen LogP contribution in [0.25, 0.3) is 0 Å². The molecule has 0 aromatic rings. The van der Waals surface area contributed by atoms with Gasteiger partial charge in [0, 0.05) is 6.42 Å². The van der Waals surface area contributed by atoms with Crippen LogP contribution < -0.4 is 124 Å². The van der Waals surface area contributed by atoms with Crippen LogP contribution in [0, 0.1) is 0 Å². The third-order valence-electron chi connectivity index (χ3n) is 1.67. The molecule has 0 aliphatic heterocycles. The first-order valence-corrected chi connectivity index (χ1v) is 4.39. The first-order valence-electron chi connectivity index (χ1n) is 4.39. The molecule has 0 rings (SSSR count). The van der Waals surface area contributed by atoms with Crippen molar-refractivity contribution >= 4 is 23.9 Å². The van der Waals surface area contributed by atoms with Crippen molar-refractivity contribution in [3.63, 3.8) is 0 Å². The normalized spacial score (nSPS) is 9.62. The summed E-state index contributed by atoms with van der Waals surface area (Å²) in [4.78, 5) is 42.0. The Morgan fingerprint density at radius 3 is 1.57 bits per heavy atom. The Morgan fingerprint density at radius 2 is 1.29 bits per heavy atom. The largest absolute Gasteiger partial charge is 1.00 e. The number of carboxylic acids is 3. The summed E-state index contributed by atoms with van der Waals surface area (Å²) in [6.45, 7) is 0. The van der Waals surface area contributed by atoms with E-state index in [0.717, 1.165) is 0 Å². The zero-order valence-corrected chi connectivity index (χ0v) is 20.5. The van der Waals surface area contributed by atoms with Crippen LogP contribution in [0.1, 0.15) is 18.5 Å². The molecule has 5 N–H and O–H groups in total. The van der Waals surface area contributed by atoms with Gasteiger partial charge in [0.2, 0.25) is 0 Å². The van der Waals surface area contributed by atoms with E-state index in [-0.39, 0.29) is 130 Å². The number of rotatable bonds is 7. The van der Waals surface area contributed by atoms with Gasteiger partial charge < -0.3 is 31.5 Å². The van der Waals surface area contributed by atoms with Gasteiger partial charge >= 0.3 is 142 Å². The molecule has 0 aliphatic rings. The Balaban J connectivity index is -0.0000000457. The molecular formula is C8H15NNa4O8. The number of nitrogens with two attached hydrogens (primary N) is 1. The van der Waals surface area contributed by atoms with Gasteiger partial charge in [0.25, 0.3) is 6.10 Å². The van der Waals surface area contributed by atoms with Gasteiger partial charge in [0.1, 0.15) is 6.04 Å². The average Bonchev–Trinajstić information content (AvgIpc) is 2.21. The third kappa shape index (κ3) is 16.5. The van der Waals surface area contributed by atoms with Gasteiger partial charge in [-0.3, -0.25) is 9.59 Å². The van der Waals surface area contributed by atoms with Crippen LogP contribution in [0.5, 0.6) is 0 Å². The fourth-order valence-corrected chi connectivity index (χ4v) is 0.794. The van der Waals surface area contributed by atoms with Crippen molar-refractivity contribution in [1.29, 1.82) is 0 Å². The molecule has 0 aromatic heterocycles. The average molecular weight is 345 g/mol. The predicted molar refractivity (Wildman–Crippen MR) is 54.4 cm³/mol. The van der Waals surface area contributed by atoms with Crippen molar-refractivity contribution in [2.45, 2.75) is 25.0 Å². The summed E-state index contributed by atoms with van der Waals surface area (Å²) in [5, 5.41) is 25.2. The minimum Gasteiger partial charge on any atom is -1.00 e. The van der Waals surface area contributed by atoms with Crippen LogP contribution >= 0.6 is 0 Å². The van der Waals surface area contributed by atoms with E-state index >= 15 is 0 Å². The van der Waals surface area contributed by atoms with Gasteiger partial charge in [-0.1, -0.05) is 0 Å². The van der Waals surface area contributed by atoms with Crippen LogP contribution in [0.2, 0.25) is 0 Å². The fraction of sp³-hybridized carbons (Fsp3) is 0.500. The maximum Gasteiger partial charge on any atom is 1.00 e. The topological polar surface area (TPSA) is 164 Å². The smallest absolute Gasteiger partial charge is 1.00 e. The number of esters is 1. The first-order chi connectivity index (χ1) is 7.75. The van der Waals surface area contributed by atoms with Gasteiger partial charge in [-0.15, -0.1) is 0 Å². The quantitative estimate of drug-likeness (QED) is 0.199.